The molecule has 5 nitrogen and oxygen atoms in total. The lowest BCUT2D eigenvalue weighted by atomic mass is 10.1. The summed E-state index contributed by atoms with van der Waals surface area (Å²) >= 11 is 0. The van der Waals surface area contributed by atoms with Crippen LogP contribution >= 0.6 is 0 Å². The van der Waals surface area contributed by atoms with Gasteiger partial charge in [-0.25, -0.2) is 4.79 Å². The maximum atomic E-state index is 11.4. The molecule has 0 atom stereocenters. The zero-order valence-electron chi connectivity index (χ0n) is 12.5. The lowest BCUT2D eigenvalue weighted by Gasteiger charge is -2.11. The number of benzene rings is 1. The number of carbonyl (C=O) groups is 1. The van der Waals surface area contributed by atoms with Crippen LogP contribution in [0.1, 0.15) is 25.3 Å². The highest BCUT2D eigenvalue weighted by atomic mass is 16.5. The van der Waals surface area contributed by atoms with Crippen LogP contribution in [0.25, 0.3) is 6.08 Å². The Morgan fingerprint density at radius 3 is 2.67 bits per heavy atom. The van der Waals surface area contributed by atoms with Crippen molar-refractivity contribution in [2.24, 2.45) is 0 Å². The van der Waals surface area contributed by atoms with E-state index in [9.17, 15) is 4.79 Å². The number of nitriles is 1. The normalized spacial score (nSPS) is 10.7. The molecule has 0 aliphatic heterocycles. The zero-order valence-corrected chi connectivity index (χ0v) is 12.5. The topological polar surface area (TPSA) is 68.5 Å². The third-order valence-corrected chi connectivity index (χ3v) is 2.78. The molecule has 0 radical (unpaired) electrons. The molecule has 112 valence electrons. The van der Waals surface area contributed by atoms with Gasteiger partial charge in [0.15, 0.2) is 11.5 Å². The smallest absolute Gasteiger partial charge is 0.348 e. The standard InChI is InChI=1S/C16H19NO4/c1-4-5-8-21-14-7-6-12(10-15(14)19-2)9-13(11-17)16(18)20-3/h6-7,9-10H,4-5,8H2,1-3H3/b13-9-. The Bertz CT molecular complexity index is 558. The molecule has 0 saturated carbocycles. The van der Waals surface area contributed by atoms with Gasteiger partial charge in [0.1, 0.15) is 11.6 Å². The summed E-state index contributed by atoms with van der Waals surface area (Å²) in [5, 5.41) is 8.94. The first kappa shape index (κ1) is 16.6. The fourth-order valence-corrected chi connectivity index (χ4v) is 1.63. The van der Waals surface area contributed by atoms with E-state index < -0.39 is 5.97 Å². The first-order valence-corrected chi connectivity index (χ1v) is 6.67. The maximum Gasteiger partial charge on any atom is 0.348 e. The molecule has 0 aliphatic carbocycles. The van der Waals surface area contributed by atoms with Gasteiger partial charge in [0.2, 0.25) is 0 Å². The van der Waals surface area contributed by atoms with Crippen molar-refractivity contribution in [2.75, 3.05) is 20.8 Å². The predicted octanol–water partition coefficient (Wildman–Crippen LogP) is 2.95. The average molecular weight is 289 g/mol. The van der Waals surface area contributed by atoms with Crippen molar-refractivity contribution in [3.63, 3.8) is 0 Å². The monoisotopic (exact) mass is 289 g/mol. The van der Waals surface area contributed by atoms with E-state index in [4.69, 9.17) is 14.7 Å². The van der Waals surface area contributed by atoms with E-state index >= 15 is 0 Å². The minimum absolute atomic E-state index is 0.0702. The predicted molar refractivity (Wildman–Crippen MR) is 79.0 cm³/mol. The SMILES string of the molecule is CCCCOc1ccc(/C=C(/C#N)C(=O)OC)cc1OC. The molecular weight excluding hydrogens is 270 g/mol. The van der Waals surface area contributed by atoms with Crippen LogP contribution in [0.5, 0.6) is 11.5 Å². The molecule has 0 amide bonds. The van der Waals surface area contributed by atoms with Crippen molar-refractivity contribution < 1.29 is 19.0 Å². The van der Waals surface area contributed by atoms with E-state index in [-0.39, 0.29) is 5.57 Å². The molecule has 0 heterocycles. The molecule has 0 aromatic heterocycles. The number of hydrogen-bond donors (Lipinski definition) is 0. The summed E-state index contributed by atoms with van der Waals surface area (Å²) in [6, 6.07) is 7.03. The number of methoxy groups -OCH3 is 2. The van der Waals surface area contributed by atoms with Gasteiger partial charge in [-0.3, -0.25) is 0 Å². The molecule has 1 aromatic carbocycles. The summed E-state index contributed by atoms with van der Waals surface area (Å²) < 4.78 is 15.4. The number of carbonyl (C=O) groups excluding carboxylic acids is 1. The average Bonchev–Trinajstić information content (AvgIpc) is 2.52. The van der Waals surface area contributed by atoms with Crippen LogP contribution in [0.2, 0.25) is 0 Å². The van der Waals surface area contributed by atoms with Crippen molar-refractivity contribution in [1.29, 1.82) is 5.26 Å². The number of nitrogens with zero attached hydrogens (tertiary/aromatic N) is 1. The molecule has 0 spiro atoms. The van der Waals surface area contributed by atoms with E-state index in [0.29, 0.717) is 23.7 Å². The number of rotatable bonds is 7. The van der Waals surface area contributed by atoms with Gasteiger partial charge in [0, 0.05) is 0 Å². The molecule has 0 aliphatic rings. The number of unbranched alkanes of at least 4 members (excludes halogenated alkanes) is 1. The number of hydrogen-bond acceptors (Lipinski definition) is 5. The molecule has 0 N–H and O–H groups in total. The Balaban J connectivity index is 2.99. The highest BCUT2D eigenvalue weighted by Gasteiger charge is 2.10. The lowest BCUT2D eigenvalue weighted by molar-refractivity contribution is -0.135. The van der Waals surface area contributed by atoms with Crippen LogP contribution in [0, 0.1) is 11.3 Å². The van der Waals surface area contributed by atoms with Crippen LogP contribution in [0.4, 0.5) is 0 Å². The fourth-order valence-electron chi connectivity index (χ4n) is 1.63. The second kappa shape index (κ2) is 8.64. The molecule has 0 unspecified atom stereocenters. The Labute approximate surface area is 124 Å². The Morgan fingerprint density at radius 2 is 2.10 bits per heavy atom. The minimum Gasteiger partial charge on any atom is -0.493 e. The summed E-state index contributed by atoms with van der Waals surface area (Å²) in [6.45, 7) is 2.71. The molecule has 21 heavy (non-hydrogen) atoms. The summed E-state index contributed by atoms with van der Waals surface area (Å²) in [5.41, 5.74) is 0.593. The summed E-state index contributed by atoms with van der Waals surface area (Å²) in [5.74, 6) is 0.529. The molecule has 0 saturated heterocycles. The lowest BCUT2D eigenvalue weighted by Crippen LogP contribution is -2.02. The highest BCUT2D eigenvalue weighted by molar-refractivity contribution is 5.97. The minimum atomic E-state index is -0.667. The van der Waals surface area contributed by atoms with Gasteiger partial charge in [-0.15, -0.1) is 0 Å². The van der Waals surface area contributed by atoms with E-state index in [1.54, 1.807) is 25.3 Å². The van der Waals surface area contributed by atoms with E-state index in [0.717, 1.165) is 12.8 Å². The molecule has 0 fully saturated rings. The van der Waals surface area contributed by atoms with E-state index in [1.165, 1.54) is 13.2 Å². The Kier molecular flexibility index (Phi) is 6.82. The first-order valence-electron chi connectivity index (χ1n) is 6.67. The molecular formula is C16H19NO4. The van der Waals surface area contributed by atoms with Gasteiger partial charge >= 0.3 is 5.97 Å². The summed E-state index contributed by atoms with van der Waals surface area (Å²) in [7, 11) is 2.78. The molecule has 5 heteroatoms. The maximum absolute atomic E-state index is 11.4. The molecule has 0 bridgehead atoms. The second-order valence-corrected chi connectivity index (χ2v) is 4.27. The van der Waals surface area contributed by atoms with Crippen LogP contribution in [0.3, 0.4) is 0 Å². The van der Waals surface area contributed by atoms with Crippen LogP contribution in [-0.2, 0) is 9.53 Å². The van der Waals surface area contributed by atoms with Crippen molar-refractivity contribution in [2.45, 2.75) is 19.8 Å². The molecule has 1 aromatic rings. The third-order valence-electron chi connectivity index (χ3n) is 2.78. The zero-order chi connectivity index (χ0) is 15.7. The van der Waals surface area contributed by atoms with Gasteiger partial charge in [-0.1, -0.05) is 19.4 Å². The van der Waals surface area contributed by atoms with Crippen molar-refractivity contribution in [3.05, 3.63) is 29.3 Å². The van der Waals surface area contributed by atoms with Gasteiger partial charge in [0.25, 0.3) is 0 Å². The van der Waals surface area contributed by atoms with Gasteiger partial charge in [-0.05, 0) is 30.2 Å². The van der Waals surface area contributed by atoms with E-state index in [2.05, 4.69) is 11.7 Å². The van der Waals surface area contributed by atoms with Crippen molar-refractivity contribution in [1.82, 2.24) is 0 Å². The highest BCUT2D eigenvalue weighted by Crippen LogP contribution is 2.29. The quantitative estimate of drug-likeness (QED) is 0.334. The van der Waals surface area contributed by atoms with Gasteiger partial charge < -0.3 is 14.2 Å². The fraction of sp³-hybridized carbons (Fsp3) is 0.375. The van der Waals surface area contributed by atoms with Crippen LogP contribution < -0.4 is 9.47 Å². The first-order chi connectivity index (χ1) is 10.2. The Morgan fingerprint density at radius 1 is 1.33 bits per heavy atom. The number of esters is 1. The van der Waals surface area contributed by atoms with Crippen LogP contribution in [-0.4, -0.2) is 26.8 Å². The van der Waals surface area contributed by atoms with E-state index in [1.807, 2.05) is 6.07 Å². The van der Waals surface area contributed by atoms with Crippen molar-refractivity contribution in [3.8, 4) is 17.6 Å². The Hall–Kier alpha value is -2.48. The van der Waals surface area contributed by atoms with Crippen molar-refractivity contribution >= 4 is 12.0 Å². The van der Waals surface area contributed by atoms with Gasteiger partial charge in [0.05, 0.1) is 20.8 Å². The molecule has 1 rings (SSSR count). The number of ether oxygens (including phenoxy) is 3. The second-order valence-electron chi connectivity index (χ2n) is 4.27. The summed E-state index contributed by atoms with van der Waals surface area (Å²) in [6.07, 6.45) is 3.46. The summed E-state index contributed by atoms with van der Waals surface area (Å²) in [4.78, 5) is 11.4. The largest absolute Gasteiger partial charge is 0.493 e. The van der Waals surface area contributed by atoms with Crippen LogP contribution in [0.15, 0.2) is 23.8 Å². The van der Waals surface area contributed by atoms with Gasteiger partial charge in [-0.2, -0.15) is 5.26 Å². The third kappa shape index (κ3) is 4.84.